The third kappa shape index (κ3) is 67.3. The Morgan fingerprint density at radius 1 is 0.600 bits per heavy atom. The Bertz CT molecular complexity index is 704. The van der Waals surface area contributed by atoms with Gasteiger partial charge in [-0.25, -0.2) is 9.59 Å². The summed E-state index contributed by atoms with van der Waals surface area (Å²) in [5.74, 6) is -2.35. The van der Waals surface area contributed by atoms with E-state index in [1.165, 1.54) is 19.3 Å². The normalized spacial score (nSPS) is 9.74. The number of aliphatic hydroxyl groups excluding tert-OH is 7. The van der Waals surface area contributed by atoms with E-state index in [2.05, 4.69) is 20.1 Å². The van der Waals surface area contributed by atoms with E-state index in [1.807, 2.05) is 6.07 Å². The van der Waals surface area contributed by atoms with Gasteiger partial charge in [-0.3, -0.25) is 4.89 Å². The molecule has 0 aliphatic heterocycles. The van der Waals surface area contributed by atoms with Gasteiger partial charge in [-0.1, -0.05) is 76.8 Å². The van der Waals surface area contributed by atoms with Crippen molar-refractivity contribution in [1.29, 1.82) is 0 Å². The number of rotatable bonds is 16. The third-order valence-corrected chi connectivity index (χ3v) is 4.25. The summed E-state index contributed by atoms with van der Waals surface area (Å²) in [6, 6.07) is 8.95. The highest BCUT2D eigenvalue weighted by Crippen LogP contribution is 2.27. The smallest absolute Gasteiger partial charge is 0.365 e. The largest absolute Gasteiger partial charge is 0.455 e. The summed E-state index contributed by atoms with van der Waals surface area (Å²) in [7, 11) is 0. The second-order valence-electron chi connectivity index (χ2n) is 8.91. The maximum atomic E-state index is 11.6. The maximum absolute atomic E-state index is 11.6. The van der Waals surface area contributed by atoms with E-state index in [1.54, 1.807) is 72.7 Å². The van der Waals surface area contributed by atoms with Crippen LogP contribution in [0.15, 0.2) is 55.6 Å². The number of carbonyl (C=O) groups is 2. The van der Waals surface area contributed by atoms with Crippen LogP contribution < -0.4 is 4.74 Å². The number of esters is 1. The molecule has 0 saturated carbocycles. The molecule has 1 rings (SSSR count). The van der Waals surface area contributed by atoms with Crippen LogP contribution in [-0.4, -0.2) is 106 Å². The Hall–Kier alpha value is -2.88. The van der Waals surface area contributed by atoms with Crippen molar-refractivity contribution in [2.24, 2.45) is 0 Å². The summed E-state index contributed by atoms with van der Waals surface area (Å²) in [6.45, 7) is 22.2. The lowest BCUT2D eigenvalue weighted by Crippen LogP contribution is -2.45. The minimum Gasteiger partial charge on any atom is -0.455 e. The van der Waals surface area contributed by atoms with Crippen molar-refractivity contribution in [3.63, 3.8) is 0 Å². The van der Waals surface area contributed by atoms with E-state index < -0.39 is 17.7 Å². The average molecular weight is 727 g/mol. The van der Waals surface area contributed by atoms with Gasteiger partial charge in [0.25, 0.3) is 5.79 Å². The fraction of sp³-hybridized carbons (Fsp3) is 0.676. The van der Waals surface area contributed by atoms with Crippen LogP contribution in [0.2, 0.25) is 0 Å². The van der Waals surface area contributed by atoms with Crippen LogP contribution in [0.25, 0.3) is 0 Å². The maximum Gasteiger partial charge on any atom is 0.365 e. The van der Waals surface area contributed by atoms with Crippen molar-refractivity contribution in [1.82, 2.24) is 0 Å². The Labute approximate surface area is 303 Å². The van der Waals surface area contributed by atoms with Crippen LogP contribution in [0, 0.1) is 0 Å². The summed E-state index contributed by atoms with van der Waals surface area (Å²) >= 11 is 0. The molecule has 0 aliphatic rings. The molecule has 1 aromatic carbocycles. The number of carbonyl (C=O) groups excluding carboxylic acids is 2. The molecule has 300 valence electrons. The first-order chi connectivity index (χ1) is 23.9. The van der Waals surface area contributed by atoms with E-state index in [9.17, 15) is 9.59 Å². The fourth-order valence-corrected chi connectivity index (χ4v) is 2.68. The molecule has 13 nitrogen and oxygen atoms in total. The van der Waals surface area contributed by atoms with Gasteiger partial charge in [-0.05, 0) is 67.0 Å². The average Bonchev–Trinajstić information content (AvgIpc) is 3.08. The van der Waals surface area contributed by atoms with Gasteiger partial charge >= 0.3 is 11.9 Å². The molecule has 1 unspecified atom stereocenters. The minimum absolute atomic E-state index is 0.250. The molecule has 0 bridgehead atoms. The Kier molecular flexibility index (Phi) is 76.4. The summed E-state index contributed by atoms with van der Waals surface area (Å²) in [5.41, 5.74) is 0. The molecule has 0 radical (unpaired) electrons. The Balaban J connectivity index is -0.000000144. The lowest BCUT2D eigenvalue weighted by Gasteiger charge is -2.31. The molecule has 0 saturated heterocycles. The Morgan fingerprint density at radius 3 is 1.32 bits per heavy atom. The van der Waals surface area contributed by atoms with Gasteiger partial charge in [0.05, 0.1) is 0 Å². The number of hydrogen-bond donors (Lipinski definition) is 7. The topological polar surface area (TPSA) is 213 Å². The lowest BCUT2D eigenvalue weighted by atomic mass is 10.0. The monoisotopic (exact) mass is 727 g/mol. The highest BCUT2D eigenvalue weighted by atomic mass is 17.2. The van der Waals surface area contributed by atoms with Gasteiger partial charge in [0.1, 0.15) is 5.75 Å². The molecular formula is C37H74O13. The van der Waals surface area contributed by atoms with E-state index in [0.29, 0.717) is 12.2 Å². The van der Waals surface area contributed by atoms with Gasteiger partial charge in [-0.15, -0.1) is 4.89 Å². The highest BCUT2D eigenvalue weighted by molar-refractivity contribution is 5.81. The van der Waals surface area contributed by atoms with Crippen LogP contribution in [0.4, 0.5) is 0 Å². The molecule has 7 N–H and O–H groups in total. The number of unbranched alkanes of at least 4 members (excludes halogenated alkanes) is 6. The Morgan fingerprint density at radius 2 is 0.960 bits per heavy atom. The van der Waals surface area contributed by atoms with Gasteiger partial charge in [0, 0.05) is 64.8 Å². The van der Waals surface area contributed by atoms with Crippen molar-refractivity contribution in [3.05, 3.63) is 55.6 Å². The quantitative estimate of drug-likeness (QED) is 0.0289. The van der Waals surface area contributed by atoms with E-state index in [4.69, 9.17) is 55.0 Å². The van der Waals surface area contributed by atoms with Crippen molar-refractivity contribution in [2.75, 3.05) is 52.9 Å². The first-order valence-corrected chi connectivity index (χ1v) is 17.3. The van der Waals surface area contributed by atoms with Gasteiger partial charge in [0.2, 0.25) is 0 Å². The molecule has 0 fully saturated rings. The summed E-state index contributed by atoms with van der Waals surface area (Å²) < 4.78 is 11.2. The molecule has 0 aromatic heterocycles. The first kappa shape index (κ1) is 62.3. The number of hydrogen-bond acceptors (Lipinski definition) is 13. The predicted octanol–water partition coefficient (Wildman–Crippen LogP) is 5.28. The molecule has 1 aromatic rings. The van der Waals surface area contributed by atoms with Gasteiger partial charge < -0.3 is 45.2 Å². The van der Waals surface area contributed by atoms with Crippen LogP contribution in [0.5, 0.6) is 5.75 Å². The molecular weight excluding hydrogens is 652 g/mol. The SMILES string of the molecule is C=CC(=O)OCC(CCCCCCCCC)(OOC(=O)C=C)Oc1ccccc1.CCO.CCO.CCO.CCO.CCO.CCO.CCO. The molecule has 0 heterocycles. The second-order valence-corrected chi connectivity index (χ2v) is 8.91. The van der Waals surface area contributed by atoms with Crippen molar-refractivity contribution in [2.45, 2.75) is 113 Å². The predicted molar refractivity (Wildman–Crippen MR) is 200 cm³/mol. The van der Waals surface area contributed by atoms with E-state index >= 15 is 0 Å². The second kappa shape index (κ2) is 61.4. The number of benzene rings is 1. The van der Waals surface area contributed by atoms with Crippen LogP contribution in [0.3, 0.4) is 0 Å². The molecule has 0 amide bonds. The molecule has 1 atom stereocenters. The lowest BCUT2D eigenvalue weighted by molar-refractivity contribution is -0.390. The van der Waals surface area contributed by atoms with Crippen molar-refractivity contribution in [3.8, 4) is 5.75 Å². The van der Waals surface area contributed by atoms with E-state index in [-0.39, 0.29) is 52.9 Å². The first-order valence-electron chi connectivity index (χ1n) is 17.3. The summed E-state index contributed by atoms with van der Waals surface area (Å²) in [6.07, 6.45) is 10.0. The highest BCUT2D eigenvalue weighted by Gasteiger charge is 2.38. The molecule has 0 spiro atoms. The number of para-hydroxylation sites is 1. The van der Waals surface area contributed by atoms with E-state index in [0.717, 1.165) is 37.8 Å². The molecule has 0 aliphatic carbocycles. The minimum atomic E-state index is -1.47. The zero-order chi connectivity index (χ0) is 40.3. The fourth-order valence-electron chi connectivity index (χ4n) is 2.68. The van der Waals surface area contributed by atoms with Gasteiger partial charge in [-0.2, -0.15) is 0 Å². The summed E-state index contributed by atoms with van der Waals surface area (Å²) in [5, 5.41) is 53.0. The van der Waals surface area contributed by atoms with Crippen LogP contribution >= 0.6 is 0 Å². The summed E-state index contributed by atoms with van der Waals surface area (Å²) in [4.78, 5) is 33.3. The van der Waals surface area contributed by atoms with Crippen LogP contribution in [-0.2, 0) is 24.1 Å². The van der Waals surface area contributed by atoms with Crippen molar-refractivity contribution < 1.29 is 64.6 Å². The number of aliphatic hydroxyl groups is 7. The standard InChI is InChI=1S/C23H32O6.7C2H6O/c1-4-7-8-9-10-11-15-18-23(19-26-21(24)5-2,29-28-22(25)6-3)27-20-16-13-12-14-17-20;7*1-2-3/h5-6,12-14,16-17H,2-4,7-11,15,18-19H2,1H3;7*3H,2H2,1H3. The van der Waals surface area contributed by atoms with Crippen molar-refractivity contribution >= 4 is 11.9 Å². The zero-order valence-electron chi connectivity index (χ0n) is 32.3. The number of ether oxygens (including phenoxy) is 2. The zero-order valence-corrected chi connectivity index (χ0v) is 32.3. The molecule has 13 heteroatoms. The van der Waals surface area contributed by atoms with Crippen LogP contribution in [0.1, 0.15) is 107 Å². The molecule has 50 heavy (non-hydrogen) atoms. The van der Waals surface area contributed by atoms with Gasteiger partial charge in [0.15, 0.2) is 6.61 Å². The third-order valence-electron chi connectivity index (χ3n) is 4.25.